The van der Waals surface area contributed by atoms with Gasteiger partial charge in [0.05, 0.1) is 15.7 Å². The molecule has 112 valence electrons. The van der Waals surface area contributed by atoms with Crippen molar-refractivity contribution >= 4 is 34.8 Å². The maximum Gasteiger partial charge on any atom is 0.227 e. The fourth-order valence-electron chi connectivity index (χ4n) is 1.79. The van der Waals surface area contributed by atoms with E-state index in [1.165, 1.54) is 0 Å². The number of carbonyl (C=O) groups excluding carboxylic acids is 1. The van der Waals surface area contributed by atoms with Crippen LogP contribution >= 0.6 is 23.2 Å². The highest BCUT2D eigenvalue weighted by atomic mass is 35.5. The molecule has 0 radical (unpaired) electrons. The van der Waals surface area contributed by atoms with Crippen molar-refractivity contribution in [1.29, 1.82) is 0 Å². The highest BCUT2D eigenvalue weighted by Crippen LogP contribution is 2.31. The third-order valence-electron chi connectivity index (χ3n) is 3.00. The lowest BCUT2D eigenvalue weighted by Crippen LogP contribution is -2.22. The number of anilines is 1. The lowest BCUT2D eigenvalue weighted by molar-refractivity contribution is -0.119. The quantitative estimate of drug-likeness (QED) is 0.824. The molecule has 3 nitrogen and oxygen atoms in total. The summed E-state index contributed by atoms with van der Waals surface area (Å²) in [7, 11) is 0. The van der Waals surface area contributed by atoms with Crippen LogP contribution < -0.4 is 11.1 Å². The Morgan fingerprint density at radius 3 is 2.35 bits per heavy atom. The van der Waals surface area contributed by atoms with Gasteiger partial charge in [0.25, 0.3) is 0 Å². The summed E-state index contributed by atoms with van der Waals surface area (Å²) in [4.78, 5) is 12.0. The van der Waals surface area contributed by atoms with E-state index >= 15 is 0 Å². The van der Waals surface area contributed by atoms with Gasteiger partial charge in [0.2, 0.25) is 5.91 Å². The molecular weight excluding hydrogens is 302 g/mol. The van der Waals surface area contributed by atoms with Crippen molar-refractivity contribution in [3.63, 3.8) is 0 Å². The van der Waals surface area contributed by atoms with Gasteiger partial charge >= 0.3 is 0 Å². The normalized spacial score (nSPS) is 13.9. The SMILES string of the molecule is CC(N)CCCC(C)C(=O)Nc1c(Cl)cc(F)cc1Cl. The molecule has 0 heterocycles. The van der Waals surface area contributed by atoms with Crippen molar-refractivity contribution in [2.24, 2.45) is 11.7 Å². The van der Waals surface area contributed by atoms with Crippen molar-refractivity contribution < 1.29 is 9.18 Å². The van der Waals surface area contributed by atoms with Crippen molar-refractivity contribution in [2.75, 3.05) is 5.32 Å². The number of nitrogens with two attached hydrogens (primary N) is 1. The first-order valence-electron chi connectivity index (χ1n) is 6.52. The smallest absolute Gasteiger partial charge is 0.227 e. The molecule has 6 heteroatoms. The van der Waals surface area contributed by atoms with E-state index < -0.39 is 5.82 Å². The van der Waals surface area contributed by atoms with E-state index in [9.17, 15) is 9.18 Å². The van der Waals surface area contributed by atoms with Crippen LogP contribution in [0.2, 0.25) is 10.0 Å². The summed E-state index contributed by atoms with van der Waals surface area (Å²) in [6.07, 6.45) is 2.47. The van der Waals surface area contributed by atoms with Crippen LogP contribution in [0.5, 0.6) is 0 Å². The average Bonchev–Trinajstić information content (AvgIpc) is 2.32. The summed E-state index contributed by atoms with van der Waals surface area (Å²) in [6, 6.07) is 2.36. The third kappa shape index (κ3) is 5.27. The molecule has 1 rings (SSSR count). The molecule has 2 atom stereocenters. The fraction of sp³-hybridized carbons (Fsp3) is 0.500. The molecule has 3 N–H and O–H groups in total. The van der Waals surface area contributed by atoms with Crippen LogP contribution in [0.15, 0.2) is 12.1 Å². The summed E-state index contributed by atoms with van der Waals surface area (Å²) in [5.41, 5.74) is 5.91. The van der Waals surface area contributed by atoms with Crippen LogP contribution in [0.1, 0.15) is 33.1 Å². The van der Waals surface area contributed by atoms with Gasteiger partial charge in [-0.1, -0.05) is 36.5 Å². The monoisotopic (exact) mass is 320 g/mol. The predicted octanol–water partition coefficient (Wildman–Crippen LogP) is 4.22. The zero-order chi connectivity index (χ0) is 15.3. The molecule has 1 aromatic rings. The van der Waals surface area contributed by atoms with Crippen molar-refractivity contribution in [2.45, 2.75) is 39.2 Å². The second kappa shape index (κ2) is 7.81. The van der Waals surface area contributed by atoms with E-state index in [2.05, 4.69) is 5.32 Å². The first-order chi connectivity index (χ1) is 9.31. The summed E-state index contributed by atoms with van der Waals surface area (Å²) in [5, 5.41) is 2.82. The van der Waals surface area contributed by atoms with Gasteiger partial charge in [-0.3, -0.25) is 4.79 Å². The molecular formula is C14H19Cl2FN2O. The van der Waals surface area contributed by atoms with Crippen LogP contribution in [0.25, 0.3) is 0 Å². The Bertz CT molecular complexity index is 457. The van der Waals surface area contributed by atoms with E-state index in [0.717, 1.165) is 31.4 Å². The van der Waals surface area contributed by atoms with Gasteiger partial charge in [0, 0.05) is 12.0 Å². The number of amides is 1. The Morgan fingerprint density at radius 2 is 1.85 bits per heavy atom. The molecule has 0 saturated heterocycles. The first-order valence-corrected chi connectivity index (χ1v) is 7.27. The minimum absolute atomic E-state index is 0.0890. The molecule has 0 fully saturated rings. The molecule has 0 spiro atoms. The minimum Gasteiger partial charge on any atom is -0.328 e. The summed E-state index contributed by atoms with van der Waals surface area (Å²) >= 11 is 11.7. The molecule has 1 aromatic carbocycles. The minimum atomic E-state index is -0.539. The highest BCUT2D eigenvalue weighted by molar-refractivity contribution is 6.39. The van der Waals surface area contributed by atoms with Gasteiger partial charge in [-0.05, 0) is 31.9 Å². The second-order valence-corrected chi connectivity index (χ2v) is 5.86. The molecule has 0 bridgehead atoms. The third-order valence-corrected chi connectivity index (χ3v) is 3.60. The van der Waals surface area contributed by atoms with Gasteiger partial charge in [-0.15, -0.1) is 0 Å². The molecule has 2 unspecified atom stereocenters. The summed E-state index contributed by atoms with van der Waals surface area (Å²) in [6.45, 7) is 3.75. The van der Waals surface area contributed by atoms with Gasteiger partial charge in [0.1, 0.15) is 5.82 Å². The van der Waals surface area contributed by atoms with E-state index in [4.69, 9.17) is 28.9 Å². The van der Waals surface area contributed by atoms with Crippen LogP contribution in [0.3, 0.4) is 0 Å². The van der Waals surface area contributed by atoms with E-state index in [-0.39, 0.29) is 33.6 Å². The van der Waals surface area contributed by atoms with Crippen molar-refractivity contribution in [3.8, 4) is 0 Å². The number of carbonyl (C=O) groups is 1. The largest absolute Gasteiger partial charge is 0.328 e. The topological polar surface area (TPSA) is 55.1 Å². The lowest BCUT2D eigenvalue weighted by atomic mass is 10.0. The molecule has 0 aliphatic rings. The Labute approximate surface area is 128 Å². The van der Waals surface area contributed by atoms with Crippen LogP contribution in [0.4, 0.5) is 10.1 Å². The Hall–Kier alpha value is -0.840. The van der Waals surface area contributed by atoms with E-state index in [0.29, 0.717) is 0 Å². The van der Waals surface area contributed by atoms with Gasteiger partial charge in [-0.2, -0.15) is 0 Å². The summed E-state index contributed by atoms with van der Waals surface area (Å²) < 4.78 is 13.1. The average molecular weight is 321 g/mol. The maximum absolute atomic E-state index is 13.1. The zero-order valence-electron chi connectivity index (χ0n) is 11.6. The van der Waals surface area contributed by atoms with Crippen LogP contribution in [-0.4, -0.2) is 11.9 Å². The number of hydrogen-bond acceptors (Lipinski definition) is 2. The highest BCUT2D eigenvalue weighted by Gasteiger charge is 2.17. The number of rotatable bonds is 6. The molecule has 0 aliphatic carbocycles. The lowest BCUT2D eigenvalue weighted by Gasteiger charge is -2.14. The number of nitrogens with one attached hydrogen (secondary N) is 1. The molecule has 0 saturated carbocycles. The van der Waals surface area contributed by atoms with Crippen molar-refractivity contribution in [3.05, 3.63) is 28.0 Å². The molecule has 1 amide bonds. The van der Waals surface area contributed by atoms with Gasteiger partial charge < -0.3 is 11.1 Å². The molecule has 0 aromatic heterocycles. The Morgan fingerprint density at radius 1 is 1.30 bits per heavy atom. The zero-order valence-corrected chi connectivity index (χ0v) is 13.1. The number of halogens is 3. The predicted molar refractivity (Wildman–Crippen MR) is 81.7 cm³/mol. The molecule has 0 aliphatic heterocycles. The Kier molecular flexibility index (Phi) is 6.72. The van der Waals surface area contributed by atoms with Gasteiger partial charge in [0.15, 0.2) is 0 Å². The van der Waals surface area contributed by atoms with Gasteiger partial charge in [-0.25, -0.2) is 4.39 Å². The van der Waals surface area contributed by atoms with Crippen LogP contribution in [0, 0.1) is 11.7 Å². The standard InChI is InChI=1S/C14H19Cl2FN2O/c1-8(4-3-5-9(2)18)14(20)19-13-11(15)6-10(17)7-12(13)16/h6-9H,3-5,18H2,1-2H3,(H,19,20). The maximum atomic E-state index is 13.1. The first kappa shape index (κ1) is 17.2. The molecule has 20 heavy (non-hydrogen) atoms. The van der Waals surface area contributed by atoms with Crippen LogP contribution in [-0.2, 0) is 4.79 Å². The van der Waals surface area contributed by atoms with E-state index in [1.807, 2.05) is 13.8 Å². The summed E-state index contributed by atoms with van der Waals surface area (Å²) in [5.74, 6) is -0.918. The number of benzene rings is 1. The van der Waals surface area contributed by atoms with Crippen molar-refractivity contribution in [1.82, 2.24) is 0 Å². The Balaban J connectivity index is 2.62. The fourth-order valence-corrected chi connectivity index (χ4v) is 2.34. The number of hydrogen-bond donors (Lipinski definition) is 2. The second-order valence-electron chi connectivity index (χ2n) is 5.04. The van der Waals surface area contributed by atoms with E-state index in [1.54, 1.807) is 0 Å².